The van der Waals surface area contributed by atoms with Crippen molar-refractivity contribution in [2.75, 3.05) is 7.05 Å². The van der Waals surface area contributed by atoms with Crippen LogP contribution in [0.2, 0.25) is 0 Å². The molecule has 4 nitrogen and oxygen atoms in total. The molecule has 4 aromatic carbocycles. The van der Waals surface area contributed by atoms with Crippen LogP contribution in [0.1, 0.15) is 97.3 Å². The van der Waals surface area contributed by atoms with Gasteiger partial charge in [-0.2, -0.15) is 0 Å². The van der Waals surface area contributed by atoms with Gasteiger partial charge in [-0.3, -0.25) is 0 Å². The number of fused-ring (bicyclic) bond motifs is 3. The summed E-state index contributed by atoms with van der Waals surface area (Å²) in [5, 5.41) is 1.19. The van der Waals surface area contributed by atoms with Crippen LogP contribution in [0.15, 0.2) is 184 Å². The van der Waals surface area contributed by atoms with Crippen molar-refractivity contribution in [1.29, 1.82) is 0 Å². The van der Waals surface area contributed by atoms with Gasteiger partial charge in [0.1, 0.15) is 12.0 Å². The molecule has 5 aromatic rings. The number of rotatable bonds is 7. The lowest BCUT2D eigenvalue weighted by Crippen LogP contribution is -2.44. The zero-order chi connectivity index (χ0) is 46.2. The number of pyridine rings is 1. The largest absolute Gasteiger partial charge is 0.334 e. The Labute approximate surface area is 398 Å². The third-order valence-corrected chi connectivity index (χ3v) is 16.0. The van der Waals surface area contributed by atoms with Crippen LogP contribution in [0.5, 0.6) is 0 Å². The molecule has 6 unspecified atom stereocenters. The van der Waals surface area contributed by atoms with E-state index in [-0.39, 0.29) is 17.0 Å². The highest BCUT2D eigenvalue weighted by molar-refractivity contribution is 6.14. The number of hydrogen-bond donors (Lipinski definition) is 0. The van der Waals surface area contributed by atoms with Crippen molar-refractivity contribution in [1.82, 2.24) is 9.88 Å². The number of allylic oxidation sites excluding steroid dienone is 10. The normalized spacial score (nSPS) is 26.4. The van der Waals surface area contributed by atoms with E-state index in [4.69, 9.17) is 15.0 Å². The summed E-state index contributed by atoms with van der Waals surface area (Å²) in [5.41, 5.74) is 18.5. The fourth-order valence-corrected chi connectivity index (χ4v) is 12.1. The summed E-state index contributed by atoms with van der Waals surface area (Å²) in [5.74, 6) is 3.94. The number of nitrogens with zero attached hydrogens (tertiary/aromatic N) is 4. The first-order valence-electron chi connectivity index (χ1n) is 24.9. The van der Waals surface area contributed by atoms with Crippen LogP contribution in [0.25, 0.3) is 50.0 Å². The molecule has 0 bridgehead atoms. The molecule has 0 saturated carbocycles. The number of likely N-dealkylation sites (N-methyl/N-ethyl adjacent to an activating group) is 1. The molecule has 336 valence electrons. The van der Waals surface area contributed by atoms with Gasteiger partial charge in [0, 0.05) is 34.4 Å². The third-order valence-electron chi connectivity index (χ3n) is 16.0. The van der Waals surface area contributed by atoms with Crippen LogP contribution in [-0.4, -0.2) is 34.8 Å². The zero-order valence-electron chi connectivity index (χ0n) is 40.6. The molecule has 67 heavy (non-hydrogen) atoms. The van der Waals surface area contributed by atoms with Crippen molar-refractivity contribution in [3.63, 3.8) is 0 Å². The second-order valence-corrected chi connectivity index (χ2v) is 21.4. The van der Waals surface area contributed by atoms with Crippen LogP contribution in [0, 0.1) is 23.7 Å². The van der Waals surface area contributed by atoms with Crippen molar-refractivity contribution < 1.29 is 0 Å². The predicted octanol–water partition coefficient (Wildman–Crippen LogP) is 15.6. The topological polar surface area (TPSA) is 40.9 Å². The molecular formula is C63H64N4. The Morgan fingerprint density at radius 3 is 2.33 bits per heavy atom. The van der Waals surface area contributed by atoms with Gasteiger partial charge < -0.3 is 4.90 Å². The minimum atomic E-state index is -0.219. The van der Waals surface area contributed by atoms with Crippen molar-refractivity contribution in [3.05, 3.63) is 191 Å². The molecule has 0 fully saturated rings. The number of amidine groups is 2. The number of aromatic nitrogens is 1. The lowest BCUT2D eigenvalue weighted by Gasteiger charge is -2.38. The maximum Gasteiger partial charge on any atom is 0.159 e. The van der Waals surface area contributed by atoms with E-state index in [2.05, 4.69) is 212 Å². The van der Waals surface area contributed by atoms with Crippen molar-refractivity contribution in [2.24, 2.45) is 33.7 Å². The smallest absolute Gasteiger partial charge is 0.159 e. The lowest BCUT2D eigenvalue weighted by molar-refractivity contribution is 0.389. The van der Waals surface area contributed by atoms with Crippen molar-refractivity contribution in [2.45, 2.75) is 97.6 Å². The molecule has 1 aliphatic heterocycles. The minimum Gasteiger partial charge on any atom is -0.334 e. The van der Waals surface area contributed by atoms with Crippen LogP contribution in [0.3, 0.4) is 0 Å². The van der Waals surface area contributed by atoms with Crippen LogP contribution in [0.4, 0.5) is 0 Å². The quantitative estimate of drug-likeness (QED) is 0.163. The summed E-state index contributed by atoms with van der Waals surface area (Å²) in [4.78, 5) is 18.7. The van der Waals surface area contributed by atoms with Gasteiger partial charge in [-0.15, -0.1) is 0 Å². The average Bonchev–Trinajstić information content (AvgIpc) is 3.57. The summed E-state index contributed by atoms with van der Waals surface area (Å²) >= 11 is 0. The number of benzene rings is 4. The molecule has 0 N–H and O–H groups in total. The second-order valence-electron chi connectivity index (χ2n) is 21.4. The highest BCUT2D eigenvalue weighted by atomic mass is 15.3. The predicted molar refractivity (Wildman–Crippen MR) is 283 cm³/mol. The second kappa shape index (κ2) is 16.7. The Hall–Kier alpha value is -6.39. The van der Waals surface area contributed by atoms with E-state index in [9.17, 15) is 0 Å². The maximum absolute atomic E-state index is 5.52. The van der Waals surface area contributed by atoms with Gasteiger partial charge in [0.15, 0.2) is 5.84 Å². The third kappa shape index (κ3) is 7.67. The number of aliphatic imine (C=N–C) groups is 2. The fraction of sp³-hybridized carbons (Fsp3) is 0.317. The summed E-state index contributed by atoms with van der Waals surface area (Å²) < 4.78 is 0. The monoisotopic (exact) mass is 877 g/mol. The van der Waals surface area contributed by atoms with Crippen LogP contribution < -0.4 is 0 Å². The summed E-state index contributed by atoms with van der Waals surface area (Å²) in [7, 11) is 2.20. The molecule has 6 atom stereocenters. The highest BCUT2D eigenvalue weighted by Gasteiger charge is 2.41. The zero-order valence-corrected chi connectivity index (χ0v) is 40.6. The first-order valence-corrected chi connectivity index (χ1v) is 24.9. The molecule has 0 saturated heterocycles. The van der Waals surface area contributed by atoms with Gasteiger partial charge in [0.2, 0.25) is 0 Å². The van der Waals surface area contributed by atoms with E-state index in [0.29, 0.717) is 23.7 Å². The lowest BCUT2D eigenvalue weighted by atomic mass is 9.74. The first kappa shape index (κ1) is 43.2. The van der Waals surface area contributed by atoms with Gasteiger partial charge in [0.25, 0.3) is 0 Å². The summed E-state index contributed by atoms with van der Waals surface area (Å²) in [6.07, 6.45) is 26.4. The van der Waals surface area contributed by atoms with Crippen LogP contribution >= 0.6 is 0 Å². The van der Waals surface area contributed by atoms with E-state index >= 15 is 0 Å². The minimum absolute atomic E-state index is 0.0670. The molecule has 0 spiro atoms. The van der Waals surface area contributed by atoms with Crippen molar-refractivity contribution >= 4 is 28.1 Å². The van der Waals surface area contributed by atoms with Crippen LogP contribution in [-0.2, 0) is 10.8 Å². The Kier molecular flexibility index (Phi) is 10.8. The van der Waals surface area contributed by atoms with E-state index < -0.39 is 0 Å². The van der Waals surface area contributed by atoms with E-state index in [1.165, 1.54) is 73.9 Å². The highest BCUT2D eigenvalue weighted by Crippen LogP contribution is 2.53. The Morgan fingerprint density at radius 2 is 1.52 bits per heavy atom. The van der Waals surface area contributed by atoms with Gasteiger partial charge in [-0.1, -0.05) is 176 Å². The summed E-state index contributed by atoms with van der Waals surface area (Å²) in [6, 6.07) is 36.1. The Bertz CT molecular complexity index is 3120. The first-order chi connectivity index (χ1) is 32.3. The summed E-state index contributed by atoms with van der Waals surface area (Å²) in [6.45, 7) is 16.6. The fourth-order valence-electron chi connectivity index (χ4n) is 12.1. The van der Waals surface area contributed by atoms with E-state index in [0.717, 1.165) is 53.3 Å². The van der Waals surface area contributed by atoms with Gasteiger partial charge in [-0.05, 0) is 141 Å². The molecule has 6 aliphatic rings. The SMILES string of the molecule is CC1C=C(C2=NC(C3=CCC(C)(c4cccc(-c5cc(-c6cccc(-c7ccccc7)c6)nc6cc7c(cc56)C5=C(C(C)CC=C5)C7(C)C)c4)C=C3)=NC(C3=CC=CC(C)C3)N2C)C(C)CC1. The maximum atomic E-state index is 5.52. The molecule has 0 amide bonds. The number of hydrogen-bond acceptors (Lipinski definition) is 4. The van der Waals surface area contributed by atoms with Gasteiger partial charge in [0.05, 0.1) is 11.2 Å². The van der Waals surface area contributed by atoms with Crippen molar-refractivity contribution in [3.8, 4) is 33.5 Å². The van der Waals surface area contributed by atoms with E-state index in [1.54, 1.807) is 5.57 Å². The van der Waals surface area contributed by atoms with Gasteiger partial charge in [-0.25, -0.2) is 15.0 Å². The Balaban J connectivity index is 0.988. The van der Waals surface area contributed by atoms with E-state index in [1.807, 2.05) is 0 Å². The molecule has 4 heteroatoms. The standard InChI is InChI=1S/C63H64N4/c1-39-16-12-23-48(32-39)60-65-59(66-61(67(60)8)51-33-40(2)26-27-41(51)3)44-28-30-63(7,31-29-44)49-24-15-21-46(35-49)52-37-56(47-22-14-20-45(34-47)43-18-10-9-11-19-43)64-57-38-55-53(36-54(52)57)50-25-13-17-42(4)58(50)62(55,5)6/h9-16,18-25,28-30,33-42,60H,17,26-27,31-32H2,1-8H3. The molecule has 11 rings (SSSR count). The molecule has 2 heterocycles. The molecule has 0 radical (unpaired) electrons. The average molecular weight is 877 g/mol. The molecular weight excluding hydrogens is 813 g/mol. The van der Waals surface area contributed by atoms with Gasteiger partial charge >= 0.3 is 0 Å². The molecule has 5 aliphatic carbocycles. The molecule has 1 aromatic heterocycles. The Morgan fingerprint density at radius 1 is 0.731 bits per heavy atom.